The average molecular weight is 185 g/mol. The molecular formula is C11H11N3. The smallest absolute Gasteiger partial charge is 0.248 e. The van der Waals surface area contributed by atoms with Crippen molar-refractivity contribution in [2.45, 2.75) is 13.0 Å². The summed E-state index contributed by atoms with van der Waals surface area (Å²) in [5, 5.41) is 1.08. The lowest BCUT2D eigenvalue weighted by Crippen LogP contribution is -1.85. The molecule has 70 valence electrons. The Morgan fingerprint density at radius 3 is 3.07 bits per heavy atom. The Morgan fingerprint density at radius 1 is 1.57 bits per heavy atom. The number of hydrogen-bond acceptors (Lipinski definition) is 1. The molecule has 0 aromatic carbocycles. The van der Waals surface area contributed by atoms with E-state index in [2.05, 4.69) is 9.83 Å². The third kappa shape index (κ3) is 1.16. The fourth-order valence-electron chi connectivity index (χ4n) is 1.65. The standard InChI is InChI=1S/C11H11N3/c1-8(12-2)10-7-14(3)11-9(10)5-4-6-13-11/h4-8H,1,3H3. The second-order valence-electron chi connectivity index (χ2n) is 3.37. The summed E-state index contributed by atoms with van der Waals surface area (Å²) in [5.41, 5.74) is 2.00. The van der Waals surface area contributed by atoms with Crippen LogP contribution in [0.5, 0.6) is 0 Å². The topological polar surface area (TPSA) is 22.2 Å². The van der Waals surface area contributed by atoms with Gasteiger partial charge in [-0.1, -0.05) is 0 Å². The molecule has 3 nitrogen and oxygen atoms in total. The highest BCUT2D eigenvalue weighted by Crippen LogP contribution is 2.26. The van der Waals surface area contributed by atoms with Crippen LogP contribution in [0.25, 0.3) is 15.9 Å². The van der Waals surface area contributed by atoms with Crippen molar-refractivity contribution < 1.29 is 0 Å². The van der Waals surface area contributed by atoms with Crippen LogP contribution in [-0.4, -0.2) is 9.55 Å². The van der Waals surface area contributed by atoms with E-state index >= 15 is 0 Å². The fourth-order valence-corrected chi connectivity index (χ4v) is 1.65. The van der Waals surface area contributed by atoms with E-state index in [4.69, 9.17) is 6.57 Å². The van der Waals surface area contributed by atoms with Crippen LogP contribution in [0.2, 0.25) is 0 Å². The van der Waals surface area contributed by atoms with Crippen molar-refractivity contribution >= 4 is 11.0 Å². The van der Waals surface area contributed by atoms with Gasteiger partial charge >= 0.3 is 0 Å². The van der Waals surface area contributed by atoms with E-state index in [0.717, 1.165) is 16.6 Å². The first-order valence-corrected chi connectivity index (χ1v) is 4.50. The zero-order valence-electron chi connectivity index (χ0n) is 8.23. The maximum atomic E-state index is 7.03. The van der Waals surface area contributed by atoms with E-state index in [1.54, 1.807) is 6.20 Å². The monoisotopic (exact) mass is 185 g/mol. The SMILES string of the molecule is [C-]#[N+]C(C)c1cn(C)c2ncccc12. The predicted molar refractivity (Wildman–Crippen MR) is 55.7 cm³/mol. The van der Waals surface area contributed by atoms with Gasteiger partial charge in [-0.2, -0.15) is 0 Å². The van der Waals surface area contributed by atoms with Gasteiger partial charge in [-0.3, -0.25) is 0 Å². The summed E-state index contributed by atoms with van der Waals surface area (Å²) in [7, 11) is 1.95. The van der Waals surface area contributed by atoms with Gasteiger partial charge in [0.1, 0.15) is 5.65 Å². The summed E-state index contributed by atoms with van der Waals surface area (Å²) in [6.45, 7) is 8.94. The molecule has 0 spiro atoms. The Morgan fingerprint density at radius 2 is 2.36 bits per heavy atom. The molecule has 0 saturated carbocycles. The number of pyridine rings is 1. The van der Waals surface area contributed by atoms with E-state index in [9.17, 15) is 0 Å². The van der Waals surface area contributed by atoms with Crippen molar-refractivity contribution in [1.29, 1.82) is 0 Å². The molecule has 0 bridgehead atoms. The zero-order valence-corrected chi connectivity index (χ0v) is 8.23. The lowest BCUT2D eigenvalue weighted by Gasteiger charge is -1.95. The number of aryl methyl sites for hydroxylation is 1. The fraction of sp³-hybridized carbons (Fsp3) is 0.273. The minimum Gasteiger partial charge on any atom is -0.335 e. The Hall–Kier alpha value is -1.82. The first-order chi connectivity index (χ1) is 6.74. The van der Waals surface area contributed by atoms with Gasteiger partial charge in [0, 0.05) is 31.8 Å². The first-order valence-electron chi connectivity index (χ1n) is 4.50. The van der Waals surface area contributed by atoms with E-state index in [1.807, 2.05) is 36.9 Å². The van der Waals surface area contributed by atoms with Crippen molar-refractivity contribution in [3.8, 4) is 0 Å². The average Bonchev–Trinajstić information content (AvgIpc) is 2.56. The summed E-state index contributed by atoms with van der Waals surface area (Å²) >= 11 is 0. The molecule has 0 aliphatic rings. The molecule has 2 aromatic heterocycles. The molecule has 3 heteroatoms. The van der Waals surface area contributed by atoms with Crippen molar-refractivity contribution in [1.82, 2.24) is 9.55 Å². The highest BCUT2D eigenvalue weighted by atomic mass is 15.0. The Bertz CT molecular complexity index is 505. The van der Waals surface area contributed by atoms with E-state index in [0.29, 0.717) is 0 Å². The molecule has 0 amide bonds. The summed E-state index contributed by atoms with van der Waals surface area (Å²) in [4.78, 5) is 7.81. The summed E-state index contributed by atoms with van der Waals surface area (Å²) in [5.74, 6) is 0. The molecule has 0 aliphatic carbocycles. The molecule has 0 radical (unpaired) electrons. The molecule has 0 aliphatic heterocycles. The second kappa shape index (κ2) is 3.15. The highest BCUT2D eigenvalue weighted by molar-refractivity contribution is 5.81. The Balaban J connectivity index is 2.74. The van der Waals surface area contributed by atoms with Gasteiger partial charge in [-0.25, -0.2) is 11.6 Å². The van der Waals surface area contributed by atoms with Crippen LogP contribution in [0.4, 0.5) is 0 Å². The maximum Gasteiger partial charge on any atom is 0.248 e. The lowest BCUT2D eigenvalue weighted by molar-refractivity contribution is 0.911. The van der Waals surface area contributed by atoms with Crippen LogP contribution >= 0.6 is 0 Å². The largest absolute Gasteiger partial charge is 0.335 e. The molecule has 14 heavy (non-hydrogen) atoms. The summed E-state index contributed by atoms with van der Waals surface area (Å²) in [6.07, 6.45) is 3.76. The van der Waals surface area contributed by atoms with Crippen LogP contribution in [0, 0.1) is 6.57 Å². The van der Waals surface area contributed by atoms with Gasteiger partial charge in [0.25, 0.3) is 0 Å². The first kappa shape index (κ1) is 8.76. The van der Waals surface area contributed by atoms with Gasteiger partial charge in [0.05, 0.1) is 5.56 Å². The van der Waals surface area contributed by atoms with Crippen LogP contribution in [-0.2, 0) is 7.05 Å². The van der Waals surface area contributed by atoms with Crippen molar-refractivity contribution in [2.24, 2.45) is 7.05 Å². The highest BCUT2D eigenvalue weighted by Gasteiger charge is 2.15. The van der Waals surface area contributed by atoms with Crippen molar-refractivity contribution in [3.63, 3.8) is 0 Å². The summed E-state index contributed by atoms with van der Waals surface area (Å²) < 4.78 is 1.96. The van der Waals surface area contributed by atoms with Crippen LogP contribution < -0.4 is 0 Å². The number of fused-ring (bicyclic) bond motifs is 1. The molecule has 2 heterocycles. The third-order valence-corrected chi connectivity index (χ3v) is 2.41. The number of aromatic nitrogens is 2. The van der Waals surface area contributed by atoms with Crippen molar-refractivity contribution in [2.75, 3.05) is 0 Å². The van der Waals surface area contributed by atoms with Gasteiger partial charge in [-0.15, -0.1) is 0 Å². The van der Waals surface area contributed by atoms with Gasteiger partial charge in [0.2, 0.25) is 6.04 Å². The molecule has 0 saturated heterocycles. The minimum absolute atomic E-state index is 0.0945. The van der Waals surface area contributed by atoms with E-state index in [1.165, 1.54) is 0 Å². The molecule has 1 unspecified atom stereocenters. The normalized spacial score (nSPS) is 12.6. The van der Waals surface area contributed by atoms with Gasteiger partial charge < -0.3 is 9.41 Å². The predicted octanol–water partition coefficient (Wildman–Crippen LogP) is 2.55. The molecule has 0 N–H and O–H groups in total. The molecule has 0 fully saturated rings. The number of rotatable bonds is 1. The van der Waals surface area contributed by atoms with Gasteiger partial charge in [-0.05, 0) is 12.1 Å². The Kier molecular flexibility index (Phi) is 1.97. The second-order valence-corrected chi connectivity index (χ2v) is 3.37. The minimum atomic E-state index is -0.0945. The van der Waals surface area contributed by atoms with Crippen LogP contribution in [0.3, 0.4) is 0 Å². The van der Waals surface area contributed by atoms with Crippen molar-refractivity contribution in [3.05, 3.63) is 41.5 Å². The van der Waals surface area contributed by atoms with Crippen LogP contribution in [0.1, 0.15) is 18.5 Å². The maximum absolute atomic E-state index is 7.03. The Labute approximate surface area is 82.8 Å². The molecule has 1 atom stereocenters. The van der Waals surface area contributed by atoms with E-state index in [-0.39, 0.29) is 6.04 Å². The number of nitrogens with zero attached hydrogens (tertiary/aromatic N) is 3. The molecular weight excluding hydrogens is 174 g/mol. The van der Waals surface area contributed by atoms with Gasteiger partial charge in [0.15, 0.2) is 0 Å². The quantitative estimate of drug-likeness (QED) is 0.626. The molecule has 2 aromatic rings. The summed E-state index contributed by atoms with van der Waals surface area (Å²) in [6, 6.07) is 3.82. The lowest BCUT2D eigenvalue weighted by atomic mass is 10.1. The zero-order chi connectivity index (χ0) is 10.1. The molecule has 2 rings (SSSR count). The van der Waals surface area contributed by atoms with E-state index < -0.39 is 0 Å². The third-order valence-electron chi connectivity index (χ3n) is 2.41. The number of hydrogen-bond donors (Lipinski definition) is 0. The van der Waals surface area contributed by atoms with Crippen LogP contribution in [0.15, 0.2) is 24.5 Å².